The van der Waals surface area contributed by atoms with Crippen LogP contribution in [-0.4, -0.2) is 31.2 Å². The number of carbonyl (C=O) groups excluding carboxylic acids is 1. The summed E-state index contributed by atoms with van der Waals surface area (Å²) in [4.78, 5) is 11.1. The summed E-state index contributed by atoms with van der Waals surface area (Å²) in [5, 5.41) is 0.0604. The molecule has 2 rings (SSSR count). The SMILES string of the molecule is NC(=O)[C@H]1CCCN1S(=O)(=O)c1c(Cl)cccc1Cl. The van der Waals surface area contributed by atoms with E-state index >= 15 is 0 Å². The van der Waals surface area contributed by atoms with Gasteiger partial charge in [0.05, 0.1) is 10.0 Å². The van der Waals surface area contributed by atoms with Gasteiger partial charge in [-0.25, -0.2) is 8.42 Å². The van der Waals surface area contributed by atoms with Crippen molar-refractivity contribution in [3.63, 3.8) is 0 Å². The Morgan fingerprint density at radius 1 is 1.32 bits per heavy atom. The second-order valence-corrected chi connectivity index (χ2v) is 6.87. The summed E-state index contributed by atoms with van der Waals surface area (Å²) in [7, 11) is -3.93. The molecule has 104 valence electrons. The van der Waals surface area contributed by atoms with Crippen molar-refractivity contribution in [1.82, 2.24) is 4.31 Å². The molecule has 1 amide bonds. The monoisotopic (exact) mass is 322 g/mol. The minimum atomic E-state index is -3.93. The number of nitrogens with zero attached hydrogens (tertiary/aromatic N) is 1. The van der Waals surface area contributed by atoms with Crippen molar-refractivity contribution in [2.45, 2.75) is 23.8 Å². The number of rotatable bonds is 3. The first-order chi connectivity index (χ1) is 8.85. The van der Waals surface area contributed by atoms with E-state index in [1.165, 1.54) is 12.1 Å². The molecule has 0 spiro atoms. The van der Waals surface area contributed by atoms with Gasteiger partial charge in [0.15, 0.2) is 0 Å². The maximum Gasteiger partial charge on any atom is 0.246 e. The van der Waals surface area contributed by atoms with E-state index in [1.54, 1.807) is 6.07 Å². The molecule has 1 aromatic carbocycles. The van der Waals surface area contributed by atoms with E-state index in [9.17, 15) is 13.2 Å². The second kappa shape index (κ2) is 5.28. The number of carbonyl (C=O) groups is 1. The van der Waals surface area contributed by atoms with E-state index in [0.29, 0.717) is 12.8 Å². The van der Waals surface area contributed by atoms with Crippen LogP contribution >= 0.6 is 23.2 Å². The van der Waals surface area contributed by atoms with Gasteiger partial charge in [-0.1, -0.05) is 29.3 Å². The van der Waals surface area contributed by atoms with Crippen LogP contribution in [0.5, 0.6) is 0 Å². The van der Waals surface area contributed by atoms with Crippen LogP contribution in [0.25, 0.3) is 0 Å². The van der Waals surface area contributed by atoms with Crippen molar-refractivity contribution in [1.29, 1.82) is 0 Å². The molecular weight excluding hydrogens is 311 g/mol. The third kappa shape index (κ3) is 2.58. The van der Waals surface area contributed by atoms with Crippen LogP contribution in [0.3, 0.4) is 0 Å². The van der Waals surface area contributed by atoms with Gasteiger partial charge < -0.3 is 5.73 Å². The normalized spacial score (nSPS) is 20.6. The highest BCUT2D eigenvalue weighted by Crippen LogP contribution is 2.34. The highest BCUT2D eigenvalue weighted by Gasteiger charge is 2.40. The van der Waals surface area contributed by atoms with Gasteiger partial charge in [-0.15, -0.1) is 0 Å². The van der Waals surface area contributed by atoms with Crippen LogP contribution in [0, 0.1) is 0 Å². The Bertz CT molecular complexity index is 598. The Balaban J connectivity index is 2.51. The molecule has 1 aliphatic rings. The number of halogens is 2. The first-order valence-corrected chi connectivity index (χ1v) is 7.80. The molecule has 2 N–H and O–H groups in total. The summed E-state index contributed by atoms with van der Waals surface area (Å²) >= 11 is 11.8. The first-order valence-electron chi connectivity index (χ1n) is 5.61. The van der Waals surface area contributed by atoms with E-state index in [-0.39, 0.29) is 21.5 Å². The molecule has 5 nitrogen and oxygen atoms in total. The molecule has 0 aromatic heterocycles. The predicted molar refractivity (Wildman–Crippen MR) is 72.6 cm³/mol. The van der Waals surface area contributed by atoms with E-state index in [1.807, 2.05) is 0 Å². The molecule has 1 fully saturated rings. The highest BCUT2D eigenvalue weighted by atomic mass is 35.5. The van der Waals surface area contributed by atoms with Gasteiger partial charge in [0.1, 0.15) is 10.9 Å². The van der Waals surface area contributed by atoms with Crippen molar-refractivity contribution >= 4 is 39.1 Å². The Morgan fingerprint density at radius 3 is 2.42 bits per heavy atom. The molecule has 1 atom stereocenters. The molecular formula is C11H12Cl2N2O3S. The summed E-state index contributed by atoms with van der Waals surface area (Å²) in [6.45, 7) is 0.234. The Morgan fingerprint density at radius 2 is 1.89 bits per heavy atom. The van der Waals surface area contributed by atoms with Crippen LogP contribution in [0.2, 0.25) is 10.0 Å². The third-order valence-electron chi connectivity index (χ3n) is 3.02. The van der Waals surface area contributed by atoms with Crippen molar-refractivity contribution in [3.05, 3.63) is 28.2 Å². The number of nitrogens with two attached hydrogens (primary N) is 1. The van der Waals surface area contributed by atoms with Crippen molar-refractivity contribution in [2.75, 3.05) is 6.54 Å². The summed E-state index contributed by atoms with van der Waals surface area (Å²) in [6.07, 6.45) is 0.992. The molecule has 0 aliphatic carbocycles. The number of hydrogen-bond acceptors (Lipinski definition) is 3. The molecule has 1 heterocycles. The summed E-state index contributed by atoms with van der Waals surface area (Å²) in [6, 6.07) is 3.60. The lowest BCUT2D eigenvalue weighted by Crippen LogP contribution is -2.43. The summed E-state index contributed by atoms with van der Waals surface area (Å²) < 4.78 is 26.2. The van der Waals surface area contributed by atoms with Crippen LogP contribution in [0.15, 0.2) is 23.1 Å². The lowest BCUT2D eigenvalue weighted by Gasteiger charge is -2.22. The lowest BCUT2D eigenvalue weighted by atomic mass is 10.2. The van der Waals surface area contributed by atoms with Gasteiger partial charge in [0.2, 0.25) is 15.9 Å². The Kier molecular flexibility index (Phi) is 4.06. The summed E-state index contributed by atoms with van der Waals surface area (Å²) in [5.41, 5.74) is 5.23. The first kappa shape index (κ1) is 14.6. The van der Waals surface area contributed by atoms with E-state index in [4.69, 9.17) is 28.9 Å². The van der Waals surface area contributed by atoms with Gasteiger partial charge in [0, 0.05) is 6.54 Å². The van der Waals surface area contributed by atoms with Crippen LogP contribution in [0.4, 0.5) is 0 Å². The third-order valence-corrected chi connectivity index (χ3v) is 5.88. The number of primary amides is 1. The number of sulfonamides is 1. The van der Waals surface area contributed by atoms with Gasteiger partial charge in [-0.05, 0) is 25.0 Å². The molecule has 8 heteroatoms. The molecule has 1 aliphatic heterocycles. The zero-order chi connectivity index (χ0) is 14.2. The van der Waals surface area contributed by atoms with E-state index in [0.717, 1.165) is 4.31 Å². The number of amides is 1. The standard InChI is InChI=1S/C11H12Cl2N2O3S/c12-7-3-1-4-8(13)10(7)19(17,18)15-6-2-5-9(15)11(14)16/h1,3-4,9H,2,5-6H2,(H2,14,16)/t9-/m1/s1. The largest absolute Gasteiger partial charge is 0.368 e. The lowest BCUT2D eigenvalue weighted by molar-refractivity contribution is -0.121. The Hall–Kier alpha value is -0.820. The van der Waals surface area contributed by atoms with E-state index in [2.05, 4.69) is 0 Å². The van der Waals surface area contributed by atoms with Crippen molar-refractivity contribution in [3.8, 4) is 0 Å². The number of hydrogen-bond donors (Lipinski definition) is 1. The van der Waals surface area contributed by atoms with Crippen molar-refractivity contribution in [2.24, 2.45) is 5.73 Å². The molecule has 1 aromatic rings. The molecule has 0 radical (unpaired) electrons. The quantitative estimate of drug-likeness (QED) is 0.918. The smallest absolute Gasteiger partial charge is 0.246 e. The minimum absolute atomic E-state index is 0.0302. The van der Waals surface area contributed by atoms with Crippen molar-refractivity contribution < 1.29 is 13.2 Å². The van der Waals surface area contributed by atoms with Gasteiger partial charge >= 0.3 is 0 Å². The maximum absolute atomic E-state index is 12.5. The average molecular weight is 323 g/mol. The highest BCUT2D eigenvalue weighted by molar-refractivity contribution is 7.89. The molecule has 0 unspecified atom stereocenters. The minimum Gasteiger partial charge on any atom is -0.368 e. The predicted octanol–water partition coefficient (Wildman–Crippen LogP) is 1.63. The fraction of sp³-hybridized carbons (Fsp3) is 0.364. The van der Waals surface area contributed by atoms with E-state index < -0.39 is 22.0 Å². The Labute approximate surface area is 121 Å². The zero-order valence-corrected chi connectivity index (χ0v) is 12.2. The average Bonchev–Trinajstić information content (AvgIpc) is 2.77. The van der Waals surface area contributed by atoms with Gasteiger partial charge in [-0.3, -0.25) is 4.79 Å². The fourth-order valence-corrected chi connectivity index (χ4v) is 4.92. The van der Waals surface area contributed by atoms with Gasteiger partial charge in [-0.2, -0.15) is 4.31 Å². The molecule has 0 saturated carbocycles. The van der Waals surface area contributed by atoms with Crippen LogP contribution in [0.1, 0.15) is 12.8 Å². The molecule has 1 saturated heterocycles. The maximum atomic E-state index is 12.5. The zero-order valence-electron chi connectivity index (χ0n) is 9.84. The second-order valence-electron chi connectivity index (χ2n) is 4.23. The van der Waals surface area contributed by atoms with Crippen LogP contribution in [-0.2, 0) is 14.8 Å². The van der Waals surface area contributed by atoms with Crippen LogP contribution < -0.4 is 5.73 Å². The topological polar surface area (TPSA) is 80.5 Å². The molecule has 19 heavy (non-hydrogen) atoms. The fourth-order valence-electron chi connectivity index (χ4n) is 2.16. The van der Waals surface area contributed by atoms with Gasteiger partial charge in [0.25, 0.3) is 0 Å². The number of benzene rings is 1. The molecule has 0 bridgehead atoms. The summed E-state index contributed by atoms with van der Waals surface area (Å²) in [5.74, 6) is -0.663.